The van der Waals surface area contributed by atoms with Crippen molar-refractivity contribution in [2.75, 3.05) is 32.1 Å². The minimum Gasteiger partial charge on any atom is -0.472 e. The van der Waals surface area contributed by atoms with Crippen molar-refractivity contribution < 1.29 is 31.1 Å². The van der Waals surface area contributed by atoms with Gasteiger partial charge in [0.05, 0.1) is 19.2 Å². The number of aliphatic hydroxyl groups is 1. The number of amides is 3. The van der Waals surface area contributed by atoms with Gasteiger partial charge in [-0.05, 0) is 61.5 Å². The Balaban J connectivity index is 0.00000308. The number of aromatic nitrogens is 1. The quantitative estimate of drug-likeness (QED) is 0.450. The van der Waals surface area contributed by atoms with E-state index >= 15 is 0 Å². The van der Waals surface area contributed by atoms with Gasteiger partial charge in [0.1, 0.15) is 23.3 Å². The number of anilines is 1. The van der Waals surface area contributed by atoms with Crippen molar-refractivity contribution in [2.45, 2.75) is 26.0 Å². The lowest BCUT2D eigenvalue weighted by molar-refractivity contribution is 0.0356. The van der Waals surface area contributed by atoms with E-state index in [9.17, 15) is 23.5 Å². The van der Waals surface area contributed by atoms with Gasteiger partial charge in [0, 0.05) is 45.4 Å². The van der Waals surface area contributed by atoms with Gasteiger partial charge in [0.15, 0.2) is 0 Å². The van der Waals surface area contributed by atoms with Crippen LogP contribution in [0.1, 0.15) is 38.2 Å². The average molecular weight is 553 g/mol. The van der Waals surface area contributed by atoms with Gasteiger partial charge < -0.3 is 25.0 Å². The Hall–Kier alpha value is -4.49. The molecule has 212 valence electrons. The number of pyridine rings is 1. The van der Waals surface area contributed by atoms with Crippen molar-refractivity contribution in [1.29, 1.82) is 0 Å². The summed E-state index contributed by atoms with van der Waals surface area (Å²) >= 11 is 0. The molecule has 2 N–H and O–H groups in total. The van der Waals surface area contributed by atoms with Crippen LogP contribution >= 0.6 is 0 Å². The highest BCUT2D eigenvalue weighted by Gasteiger charge is 2.34. The number of urea groups is 1. The molecule has 0 radical (unpaired) electrons. The highest BCUT2D eigenvalue weighted by Crippen LogP contribution is 2.27. The number of nitrogens with one attached hydrogen (secondary N) is 1. The van der Waals surface area contributed by atoms with E-state index in [0.717, 1.165) is 0 Å². The Morgan fingerprint density at radius 3 is 2.45 bits per heavy atom. The molecule has 8 nitrogen and oxygen atoms in total. The van der Waals surface area contributed by atoms with Gasteiger partial charge in [-0.2, -0.15) is 0 Å². The molecule has 40 heavy (non-hydrogen) atoms. The number of nitrogens with zero attached hydrogens (tertiary/aromatic N) is 3. The molecule has 1 aromatic heterocycles. The smallest absolute Gasteiger partial charge is 0.321 e. The lowest BCUT2D eigenvalue weighted by atomic mass is 10.00. The maximum absolute atomic E-state index is 13.6. The summed E-state index contributed by atoms with van der Waals surface area (Å²) in [6.07, 6.45) is 0.935. The molecule has 0 spiro atoms. The van der Waals surface area contributed by atoms with E-state index in [-0.39, 0.29) is 51.6 Å². The first kappa shape index (κ1) is 28.5. The van der Waals surface area contributed by atoms with Crippen LogP contribution in [0.25, 0.3) is 0 Å². The number of halogens is 2. The Kier molecular flexibility index (Phi) is 8.97. The predicted octanol–water partition coefficient (Wildman–Crippen LogP) is 4.64. The number of likely N-dealkylation sites (N-methyl/N-ethyl adjacent to an activating group) is 1. The Labute approximate surface area is 234 Å². The van der Waals surface area contributed by atoms with Crippen LogP contribution in [0.3, 0.4) is 0 Å². The lowest BCUT2D eigenvalue weighted by Gasteiger charge is -2.37. The van der Waals surface area contributed by atoms with Crippen LogP contribution in [0.4, 0.5) is 19.3 Å². The standard InChI is InChI=1S/C30H30F2N4O4.2H2/c1-19-16-36(20(2)18-37)29(38)26-14-22(5-4-21-6-8-23(31)9-7-21)15-33-28(26)40-27(19)17-35(3)30(39)34-25-12-10-24(32)11-13-25;;/h6-15,19-20,27,37H,16-18H2,1-3H3,(H,34,39);2*1H/t19-,20+,27+;;/m1../s1. The first-order chi connectivity index (χ1) is 19.1. The van der Waals surface area contributed by atoms with Crippen LogP contribution in [0, 0.1) is 29.4 Å². The third-order valence-electron chi connectivity index (χ3n) is 6.61. The second-order valence-electron chi connectivity index (χ2n) is 9.77. The fourth-order valence-electron chi connectivity index (χ4n) is 4.17. The van der Waals surface area contributed by atoms with E-state index in [1.165, 1.54) is 47.5 Å². The molecule has 3 atom stereocenters. The Bertz CT molecular complexity index is 1430. The zero-order valence-corrected chi connectivity index (χ0v) is 22.4. The maximum Gasteiger partial charge on any atom is 0.321 e. The third kappa shape index (κ3) is 6.93. The van der Waals surface area contributed by atoms with E-state index in [4.69, 9.17) is 4.74 Å². The molecule has 3 amide bonds. The predicted molar refractivity (Wildman–Crippen MR) is 150 cm³/mol. The van der Waals surface area contributed by atoms with E-state index in [0.29, 0.717) is 16.8 Å². The third-order valence-corrected chi connectivity index (χ3v) is 6.61. The average Bonchev–Trinajstić information content (AvgIpc) is 2.95. The fraction of sp³-hybridized carbons (Fsp3) is 0.300. The number of aliphatic hydroxyl groups excluding tert-OH is 1. The molecule has 0 unspecified atom stereocenters. The molecule has 2 aromatic carbocycles. The number of fused-ring (bicyclic) bond motifs is 1. The SMILES string of the molecule is C[C@@H]1CN([C@@H](C)CO)C(=O)c2cc(C#Cc3ccc(F)cc3)cnc2O[C@H]1CN(C)C(=O)Nc1ccc(F)cc1.[HH].[HH]. The minimum absolute atomic E-state index is 0. The number of carbonyl (C=O) groups is 2. The summed E-state index contributed by atoms with van der Waals surface area (Å²) in [6, 6.07) is 11.9. The summed E-state index contributed by atoms with van der Waals surface area (Å²) in [5, 5.41) is 12.6. The van der Waals surface area contributed by atoms with Crippen molar-refractivity contribution in [2.24, 2.45) is 5.92 Å². The number of carbonyl (C=O) groups excluding carboxylic acids is 2. The van der Waals surface area contributed by atoms with Gasteiger partial charge in [-0.1, -0.05) is 18.8 Å². The summed E-state index contributed by atoms with van der Waals surface area (Å²) in [6.45, 7) is 3.83. The molecular formula is C30H34F2N4O4. The molecule has 1 aliphatic rings. The van der Waals surface area contributed by atoms with E-state index < -0.39 is 24.0 Å². The van der Waals surface area contributed by atoms with Crippen molar-refractivity contribution in [1.82, 2.24) is 14.8 Å². The largest absolute Gasteiger partial charge is 0.472 e. The van der Waals surface area contributed by atoms with Crippen LogP contribution in [0.5, 0.6) is 5.88 Å². The van der Waals surface area contributed by atoms with Crippen LogP contribution in [0.2, 0.25) is 0 Å². The zero-order valence-electron chi connectivity index (χ0n) is 22.4. The maximum atomic E-state index is 13.6. The molecule has 3 aromatic rings. The molecule has 0 aliphatic carbocycles. The van der Waals surface area contributed by atoms with Crippen LogP contribution < -0.4 is 10.1 Å². The molecule has 1 aliphatic heterocycles. The van der Waals surface area contributed by atoms with Gasteiger partial charge in [-0.15, -0.1) is 0 Å². The van der Waals surface area contributed by atoms with Crippen molar-refractivity contribution in [3.8, 4) is 17.7 Å². The van der Waals surface area contributed by atoms with Crippen LogP contribution in [-0.2, 0) is 0 Å². The highest BCUT2D eigenvalue weighted by molar-refractivity contribution is 5.97. The Morgan fingerprint density at radius 1 is 1.18 bits per heavy atom. The topological polar surface area (TPSA) is 95.0 Å². The Morgan fingerprint density at radius 2 is 1.80 bits per heavy atom. The van der Waals surface area contributed by atoms with Crippen molar-refractivity contribution in [3.05, 3.63) is 89.1 Å². The molecule has 0 saturated carbocycles. The minimum atomic E-state index is -0.548. The van der Waals surface area contributed by atoms with E-state index in [1.54, 1.807) is 37.1 Å². The first-order valence-electron chi connectivity index (χ1n) is 12.8. The molecule has 2 heterocycles. The number of rotatable bonds is 5. The molecule has 0 saturated heterocycles. The first-order valence-corrected chi connectivity index (χ1v) is 12.8. The summed E-state index contributed by atoms with van der Waals surface area (Å²) in [5.41, 5.74) is 1.68. The van der Waals surface area contributed by atoms with Gasteiger partial charge in [-0.3, -0.25) is 4.79 Å². The number of ether oxygens (including phenoxy) is 1. The van der Waals surface area contributed by atoms with Crippen molar-refractivity contribution in [3.63, 3.8) is 0 Å². The molecule has 10 heteroatoms. The second kappa shape index (κ2) is 12.6. The summed E-state index contributed by atoms with van der Waals surface area (Å²) in [7, 11) is 1.61. The lowest BCUT2D eigenvalue weighted by Crippen LogP contribution is -2.50. The van der Waals surface area contributed by atoms with E-state index in [1.807, 2.05) is 6.92 Å². The van der Waals surface area contributed by atoms with E-state index in [2.05, 4.69) is 22.1 Å². The monoisotopic (exact) mass is 552 g/mol. The van der Waals surface area contributed by atoms with Crippen LogP contribution in [0.15, 0.2) is 60.8 Å². The molecule has 0 fully saturated rings. The zero-order chi connectivity index (χ0) is 28.8. The summed E-state index contributed by atoms with van der Waals surface area (Å²) in [5.74, 6) is 4.60. The van der Waals surface area contributed by atoms with Gasteiger partial charge in [-0.25, -0.2) is 18.6 Å². The highest BCUT2D eigenvalue weighted by atomic mass is 19.1. The fourth-order valence-corrected chi connectivity index (χ4v) is 4.17. The molecule has 4 rings (SSSR count). The number of benzene rings is 2. The second-order valence-corrected chi connectivity index (χ2v) is 9.77. The van der Waals surface area contributed by atoms with Gasteiger partial charge >= 0.3 is 6.03 Å². The molecular weight excluding hydrogens is 518 g/mol. The van der Waals surface area contributed by atoms with Crippen LogP contribution in [-0.4, -0.2) is 70.7 Å². The van der Waals surface area contributed by atoms with Gasteiger partial charge in [0.2, 0.25) is 5.88 Å². The van der Waals surface area contributed by atoms with Gasteiger partial charge in [0.25, 0.3) is 5.91 Å². The normalized spacial score (nSPS) is 17.4. The summed E-state index contributed by atoms with van der Waals surface area (Å²) in [4.78, 5) is 33.8. The number of hydrogen-bond donors (Lipinski definition) is 2. The van der Waals surface area contributed by atoms with Crippen molar-refractivity contribution >= 4 is 17.6 Å². The number of hydrogen-bond acceptors (Lipinski definition) is 5. The summed E-state index contributed by atoms with van der Waals surface area (Å²) < 4.78 is 32.6. The molecule has 0 bridgehead atoms.